The molecule has 2 rings (SSSR count). The van der Waals surface area contributed by atoms with Crippen LogP contribution in [-0.4, -0.2) is 17.1 Å². The van der Waals surface area contributed by atoms with E-state index in [4.69, 9.17) is 11.6 Å². The van der Waals surface area contributed by atoms with Gasteiger partial charge in [0.2, 0.25) is 0 Å². The highest BCUT2D eigenvalue weighted by Gasteiger charge is 2.25. The summed E-state index contributed by atoms with van der Waals surface area (Å²) in [6.45, 7) is 3.42. The van der Waals surface area contributed by atoms with E-state index in [1.54, 1.807) is 6.20 Å². The lowest BCUT2D eigenvalue weighted by Gasteiger charge is -2.29. The summed E-state index contributed by atoms with van der Waals surface area (Å²) in [6.07, 6.45) is 9.72. The molecule has 0 radical (unpaired) electrons. The molecular weight excluding hydrogens is 220 g/mol. The molecule has 2 heterocycles. The van der Waals surface area contributed by atoms with Gasteiger partial charge in [0, 0.05) is 17.9 Å². The molecule has 0 spiro atoms. The SMILES string of the molecule is CC1(Cc2ccncc2Cl)CCCCCN1. The summed E-state index contributed by atoms with van der Waals surface area (Å²) in [5.41, 5.74) is 1.40. The fourth-order valence-electron chi connectivity index (χ4n) is 2.41. The van der Waals surface area contributed by atoms with Crippen LogP contribution in [0.3, 0.4) is 0 Å². The van der Waals surface area contributed by atoms with Crippen molar-refractivity contribution < 1.29 is 0 Å². The van der Waals surface area contributed by atoms with Crippen LogP contribution in [0.1, 0.15) is 38.2 Å². The Hall–Kier alpha value is -0.600. The van der Waals surface area contributed by atoms with Crippen LogP contribution in [0.5, 0.6) is 0 Å². The minimum Gasteiger partial charge on any atom is -0.311 e. The van der Waals surface area contributed by atoms with Gasteiger partial charge < -0.3 is 5.32 Å². The largest absolute Gasteiger partial charge is 0.311 e. The lowest BCUT2D eigenvalue weighted by molar-refractivity contribution is 0.345. The molecule has 0 amide bonds. The maximum absolute atomic E-state index is 6.16. The Morgan fingerprint density at radius 1 is 1.44 bits per heavy atom. The Labute approximate surface area is 102 Å². The summed E-state index contributed by atoms with van der Waals surface area (Å²) in [4.78, 5) is 4.03. The first-order chi connectivity index (χ1) is 7.70. The predicted octanol–water partition coefficient (Wildman–Crippen LogP) is 3.20. The van der Waals surface area contributed by atoms with Gasteiger partial charge in [-0.2, -0.15) is 0 Å². The Morgan fingerprint density at radius 3 is 3.12 bits per heavy atom. The summed E-state index contributed by atoms with van der Waals surface area (Å²) >= 11 is 6.16. The molecular formula is C13H19ClN2. The van der Waals surface area contributed by atoms with Crippen molar-refractivity contribution in [3.05, 3.63) is 29.0 Å². The number of nitrogens with zero attached hydrogens (tertiary/aromatic N) is 1. The third kappa shape index (κ3) is 2.96. The van der Waals surface area contributed by atoms with Gasteiger partial charge in [0.1, 0.15) is 0 Å². The van der Waals surface area contributed by atoms with Gasteiger partial charge in [0.25, 0.3) is 0 Å². The van der Waals surface area contributed by atoms with Gasteiger partial charge in [-0.3, -0.25) is 4.98 Å². The zero-order valence-electron chi connectivity index (χ0n) is 9.80. The van der Waals surface area contributed by atoms with E-state index in [2.05, 4.69) is 17.2 Å². The van der Waals surface area contributed by atoms with Gasteiger partial charge in [-0.25, -0.2) is 0 Å². The van der Waals surface area contributed by atoms with Crippen LogP contribution in [-0.2, 0) is 6.42 Å². The van der Waals surface area contributed by atoms with Crippen LogP contribution in [0, 0.1) is 0 Å². The van der Waals surface area contributed by atoms with E-state index in [0.717, 1.165) is 18.0 Å². The zero-order valence-corrected chi connectivity index (χ0v) is 10.6. The van der Waals surface area contributed by atoms with Gasteiger partial charge in [0.15, 0.2) is 0 Å². The number of pyridine rings is 1. The molecule has 0 saturated carbocycles. The molecule has 1 aliphatic rings. The molecule has 3 heteroatoms. The Kier molecular flexibility index (Phi) is 3.82. The normalized spacial score (nSPS) is 26.4. The van der Waals surface area contributed by atoms with Crippen molar-refractivity contribution >= 4 is 11.6 Å². The van der Waals surface area contributed by atoms with Gasteiger partial charge in [0.05, 0.1) is 5.02 Å². The van der Waals surface area contributed by atoms with Crippen LogP contribution >= 0.6 is 11.6 Å². The van der Waals surface area contributed by atoms with E-state index in [-0.39, 0.29) is 5.54 Å². The molecule has 1 fully saturated rings. The number of aromatic nitrogens is 1. The maximum atomic E-state index is 6.16. The summed E-state index contributed by atoms with van der Waals surface area (Å²) in [5.74, 6) is 0. The molecule has 1 aromatic rings. The molecule has 1 aliphatic heterocycles. The number of rotatable bonds is 2. The second kappa shape index (κ2) is 5.15. The first kappa shape index (κ1) is 11.9. The molecule has 88 valence electrons. The highest BCUT2D eigenvalue weighted by molar-refractivity contribution is 6.31. The van der Waals surface area contributed by atoms with Crippen molar-refractivity contribution in [2.75, 3.05) is 6.54 Å². The lowest BCUT2D eigenvalue weighted by Crippen LogP contribution is -2.43. The van der Waals surface area contributed by atoms with E-state index in [1.165, 1.54) is 31.2 Å². The van der Waals surface area contributed by atoms with Crippen molar-refractivity contribution in [2.45, 2.75) is 44.6 Å². The molecule has 1 aromatic heterocycles. The third-order valence-corrected chi connectivity index (χ3v) is 3.73. The monoisotopic (exact) mass is 238 g/mol. The van der Waals surface area contributed by atoms with Crippen molar-refractivity contribution in [1.29, 1.82) is 0 Å². The van der Waals surface area contributed by atoms with Gasteiger partial charge >= 0.3 is 0 Å². The molecule has 1 atom stereocenters. The van der Waals surface area contributed by atoms with Crippen molar-refractivity contribution in [3.8, 4) is 0 Å². The molecule has 16 heavy (non-hydrogen) atoms. The van der Waals surface area contributed by atoms with Crippen molar-refractivity contribution in [2.24, 2.45) is 0 Å². The summed E-state index contributed by atoms with van der Waals surface area (Å²) < 4.78 is 0. The fraction of sp³-hybridized carbons (Fsp3) is 0.615. The number of nitrogens with one attached hydrogen (secondary N) is 1. The van der Waals surface area contributed by atoms with E-state index in [9.17, 15) is 0 Å². The minimum absolute atomic E-state index is 0.196. The van der Waals surface area contributed by atoms with Crippen molar-refractivity contribution in [1.82, 2.24) is 10.3 Å². The summed E-state index contributed by atoms with van der Waals surface area (Å²) in [5, 5.41) is 4.44. The van der Waals surface area contributed by atoms with Crippen LogP contribution in [0.15, 0.2) is 18.5 Å². The molecule has 0 bridgehead atoms. The average molecular weight is 239 g/mol. The number of halogens is 1. The summed E-state index contributed by atoms with van der Waals surface area (Å²) in [6, 6.07) is 2.03. The highest BCUT2D eigenvalue weighted by atomic mass is 35.5. The van der Waals surface area contributed by atoms with Gasteiger partial charge in [-0.05, 0) is 44.4 Å². The standard InChI is InChI=1S/C13H19ClN2/c1-13(6-3-2-4-7-16-13)9-11-5-8-15-10-12(11)14/h5,8,10,16H,2-4,6-7,9H2,1H3. The predicted molar refractivity (Wildman–Crippen MR) is 67.8 cm³/mol. The third-order valence-electron chi connectivity index (χ3n) is 3.39. The number of hydrogen-bond donors (Lipinski definition) is 1. The quantitative estimate of drug-likeness (QED) is 0.856. The first-order valence-corrected chi connectivity index (χ1v) is 6.41. The first-order valence-electron chi connectivity index (χ1n) is 6.03. The maximum Gasteiger partial charge on any atom is 0.0621 e. The van der Waals surface area contributed by atoms with Crippen LogP contribution < -0.4 is 5.32 Å². The van der Waals surface area contributed by atoms with Crippen LogP contribution in [0.2, 0.25) is 5.02 Å². The Morgan fingerprint density at radius 2 is 2.31 bits per heavy atom. The smallest absolute Gasteiger partial charge is 0.0621 e. The van der Waals surface area contributed by atoms with E-state index in [1.807, 2.05) is 12.3 Å². The lowest BCUT2D eigenvalue weighted by atomic mass is 9.89. The van der Waals surface area contributed by atoms with Gasteiger partial charge in [-0.15, -0.1) is 0 Å². The van der Waals surface area contributed by atoms with Gasteiger partial charge in [-0.1, -0.05) is 24.4 Å². The highest BCUT2D eigenvalue weighted by Crippen LogP contribution is 2.25. The zero-order chi connectivity index (χ0) is 11.4. The second-order valence-electron chi connectivity index (χ2n) is 4.94. The fourth-order valence-corrected chi connectivity index (χ4v) is 2.60. The molecule has 1 unspecified atom stereocenters. The van der Waals surface area contributed by atoms with Crippen molar-refractivity contribution in [3.63, 3.8) is 0 Å². The topological polar surface area (TPSA) is 24.9 Å². The Balaban J connectivity index is 2.10. The molecule has 0 aliphatic carbocycles. The summed E-state index contributed by atoms with van der Waals surface area (Å²) in [7, 11) is 0. The molecule has 0 aromatic carbocycles. The van der Waals surface area contributed by atoms with E-state index >= 15 is 0 Å². The van der Waals surface area contributed by atoms with Crippen LogP contribution in [0.25, 0.3) is 0 Å². The second-order valence-corrected chi connectivity index (χ2v) is 5.35. The Bertz CT molecular complexity index is 344. The minimum atomic E-state index is 0.196. The van der Waals surface area contributed by atoms with E-state index < -0.39 is 0 Å². The number of hydrogen-bond acceptors (Lipinski definition) is 2. The molecule has 1 N–H and O–H groups in total. The molecule has 2 nitrogen and oxygen atoms in total. The average Bonchev–Trinajstić information content (AvgIpc) is 2.47. The van der Waals surface area contributed by atoms with E-state index in [0.29, 0.717) is 0 Å². The van der Waals surface area contributed by atoms with Crippen LogP contribution in [0.4, 0.5) is 0 Å². The molecule has 1 saturated heterocycles.